The smallest absolute Gasteiger partial charge is 0.339 e. The number of carbonyl (C=O) groups is 2. The number of amides is 2. The second-order valence-electron chi connectivity index (χ2n) is 6.52. The Morgan fingerprint density at radius 3 is 2.38 bits per heavy atom. The molecule has 144 valence electrons. The van der Waals surface area contributed by atoms with Crippen LogP contribution in [-0.2, 0) is 11.0 Å². The number of benzene rings is 1. The van der Waals surface area contributed by atoms with Crippen LogP contribution in [0.4, 0.5) is 18.9 Å². The second kappa shape index (κ2) is 8.53. The average molecular weight is 371 g/mol. The normalized spacial score (nSPS) is 15.8. The van der Waals surface area contributed by atoms with Crippen molar-refractivity contribution in [2.75, 3.05) is 31.5 Å². The molecule has 2 amide bonds. The third-order valence-electron chi connectivity index (χ3n) is 4.41. The molecule has 1 saturated heterocycles. The highest BCUT2D eigenvalue weighted by Gasteiger charge is 2.33. The van der Waals surface area contributed by atoms with E-state index < -0.39 is 23.6 Å². The maximum atomic E-state index is 13.1. The van der Waals surface area contributed by atoms with Gasteiger partial charge in [-0.15, -0.1) is 0 Å². The molecule has 0 radical (unpaired) electrons. The number of piperidine rings is 1. The van der Waals surface area contributed by atoms with E-state index in [9.17, 15) is 22.8 Å². The maximum absolute atomic E-state index is 13.1. The van der Waals surface area contributed by atoms with Crippen molar-refractivity contribution < 1.29 is 22.8 Å². The van der Waals surface area contributed by atoms with Crippen molar-refractivity contribution in [3.63, 3.8) is 0 Å². The van der Waals surface area contributed by atoms with Crippen LogP contribution in [0.3, 0.4) is 0 Å². The van der Waals surface area contributed by atoms with E-state index in [0.717, 1.165) is 38.1 Å². The van der Waals surface area contributed by atoms with Gasteiger partial charge in [0, 0.05) is 31.3 Å². The molecule has 1 aromatic rings. The van der Waals surface area contributed by atoms with Gasteiger partial charge in [0.15, 0.2) is 0 Å². The largest absolute Gasteiger partial charge is 0.416 e. The first-order chi connectivity index (χ1) is 12.2. The van der Waals surface area contributed by atoms with Gasteiger partial charge in [0.1, 0.15) is 0 Å². The zero-order valence-corrected chi connectivity index (χ0v) is 14.9. The summed E-state index contributed by atoms with van der Waals surface area (Å²) in [6, 6.07) is 2.98. The molecule has 2 rings (SSSR count). The summed E-state index contributed by atoms with van der Waals surface area (Å²) in [5, 5.41) is 5.60. The van der Waals surface area contributed by atoms with Gasteiger partial charge in [-0.25, -0.2) is 0 Å². The summed E-state index contributed by atoms with van der Waals surface area (Å²) in [5.41, 5.74) is -1.04. The van der Waals surface area contributed by atoms with Gasteiger partial charge in [0.25, 0.3) is 5.91 Å². The lowest BCUT2D eigenvalue weighted by molar-refractivity contribution is -0.137. The Balaban J connectivity index is 2.16. The molecule has 1 aliphatic heterocycles. The third-order valence-corrected chi connectivity index (χ3v) is 4.41. The highest BCUT2D eigenvalue weighted by atomic mass is 19.4. The standard InChI is InChI=1S/C18H24F3N3O2/c1-3-22-11-13-4-6-24(7-5-13)17(26)14-8-15(18(19,20)21)10-16(9-14)23-12(2)25/h8-10,13,22H,3-7,11H2,1-2H3,(H,23,25). The van der Waals surface area contributed by atoms with Gasteiger partial charge in [-0.1, -0.05) is 6.92 Å². The lowest BCUT2D eigenvalue weighted by Gasteiger charge is -2.32. The third kappa shape index (κ3) is 5.45. The summed E-state index contributed by atoms with van der Waals surface area (Å²) in [6.07, 6.45) is -2.96. The minimum absolute atomic E-state index is 0.0299. The molecular weight excluding hydrogens is 347 g/mol. The van der Waals surface area contributed by atoms with Crippen molar-refractivity contribution in [3.05, 3.63) is 29.3 Å². The summed E-state index contributed by atoms with van der Waals surface area (Å²) in [6.45, 7) is 6.03. The molecule has 0 unspecified atom stereocenters. The SMILES string of the molecule is CCNCC1CCN(C(=O)c2cc(NC(C)=O)cc(C(F)(F)F)c2)CC1. The van der Waals surface area contributed by atoms with Gasteiger partial charge in [-0.3, -0.25) is 9.59 Å². The van der Waals surface area contributed by atoms with Crippen molar-refractivity contribution in [3.8, 4) is 0 Å². The molecule has 1 aliphatic rings. The molecule has 1 fully saturated rings. The van der Waals surface area contributed by atoms with E-state index in [1.807, 2.05) is 6.92 Å². The van der Waals surface area contributed by atoms with Gasteiger partial charge >= 0.3 is 6.18 Å². The first kappa shape index (κ1) is 20.2. The van der Waals surface area contributed by atoms with Crippen LogP contribution < -0.4 is 10.6 Å². The number of anilines is 1. The Hall–Kier alpha value is -2.09. The van der Waals surface area contributed by atoms with E-state index in [1.54, 1.807) is 4.90 Å². The Bertz CT molecular complexity index is 654. The summed E-state index contributed by atoms with van der Waals surface area (Å²) in [5.74, 6) is -0.466. The number of carbonyl (C=O) groups excluding carboxylic acids is 2. The van der Waals surface area contributed by atoms with Crippen LogP contribution in [0.2, 0.25) is 0 Å². The average Bonchev–Trinajstić information content (AvgIpc) is 2.58. The molecule has 0 aliphatic carbocycles. The van der Waals surface area contributed by atoms with Gasteiger partial charge in [-0.2, -0.15) is 13.2 Å². The zero-order chi connectivity index (χ0) is 19.3. The number of hydrogen-bond acceptors (Lipinski definition) is 3. The molecule has 1 aromatic carbocycles. The topological polar surface area (TPSA) is 61.4 Å². The quantitative estimate of drug-likeness (QED) is 0.836. The molecule has 0 atom stereocenters. The fraction of sp³-hybridized carbons (Fsp3) is 0.556. The van der Waals surface area contributed by atoms with Crippen molar-refractivity contribution in [1.29, 1.82) is 0 Å². The predicted octanol–water partition coefficient (Wildman–Crippen LogP) is 3.13. The van der Waals surface area contributed by atoms with Crippen LogP contribution in [0.1, 0.15) is 42.6 Å². The molecule has 0 aromatic heterocycles. The van der Waals surface area contributed by atoms with E-state index in [-0.39, 0.29) is 11.3 Å². The molecule has 0 bridgehead atoms. The number of alkyl halides is 3. The van der Waals surface area contributed by atoms with Crippen LogP contribution in [0.25, 0.3) is 0 Å². The highest BCUT2D eigenvalue weighted by molar-refractivity contribution is 5.97. The van der Waals surface area contributed by atoms with Crippen molar-refractivity contribution >= 4 is 17.5 Å². The van der Waals surface area contributed by atoms with E-state index in [4.69, 9.17) is 0 Å². The van der Waals surface area contributed by atoms with Gasteiger partial charge < -0.3 is 15.5 Å². The van der Waals surface area contributed by atoms with Crippen molar-refractivity contribution in [2.24, 2.45) is 5.92 Å². The molecule has 26 heavy (non-hydrogen) atoms. The van der Waals surface area contributed by atoms with Crippen molar-refractivity contribution in [2.45, 2.75) is 32.9 Å². The Kier molecular flexibility index (Phi) is 6.63. The minimum Gasteiger partial charge on any atom is -0.339 e. The summed E-state index contributed by atoms with van der Waals surface area (Å²) in [4.78, 5) is 25.4. The monoisotopic (exact) mass is 371 g/mol. The highest BCUT2D eigenvalue weighted by Crippen LogP contribution is 2.32. The Morgan fingerprint density at radius 1 is 1.19 bits per heavy atom. The van der Waals surface area contributed by atoms with Crippen molar-refractivity contribution in [1.82, 2.24) is 10.2 Å². The molecule has 5 nitrogen and oxygen atoms in total. The predicted molar refractivity (Wildman–Crippen MR) is 92.9 cm³/mol. The summed E-state index contributed by atoms with van der Waals surface area (Å²) >= 11 is 0. The first-order valence-electron chi connectivity index (χ1n) is 8.70. The minimum atomic E-state index is -4.59. The number of rotatable bonds is 5. The lowest BCUT2D eigenvalue weighted by atomic mass is 9.96. The zero-order valence-electron chi connectivity index (χ0n) is 14.9. The molecule has 8 heteroatoms. The van der Waals surface area contributed by atoms with Crippen LogP contribution in [-0.4, -0.2) is 42.9 Å². The van der Waals surface area contributed by atoms with E-state index in [0.29, 0.717) is 19.0 Å². The lowest BCUT2D eigenvalue weighted by Crippen LogP contribution is -2.40. The molecule has 1 heterocycles. The van der Waals surface area contributed by atoms with E-state index in [1.165, 1.54) is 13.0 Å². The molecule has 0 saturated carbocycles. The maximum Gasteiger partial charge on any atom is 0.416 e. The number of hydrogen-bond donors (Lipinski definition) is 2. The first-order valence-corrected chi connectivity index (χ1v) is 8.70. The van der Waals surface area contributed by atoms with Gasteiger partial charge in [0.2, 0.25) is 5.91 Å². The van der Waals surface area contributed by atoms with E-state index >= 15 is 0 Å². The molecular formula is C18H24F3N3O2. The number of halogens is 3. The number of nitrogens with zero attached hydrogens (tertiary/aromatic N) is 1. The fourth-order valence-electron chi connectivity index (χ4n) is 3.06. The number of nitrogens with one attached hydrogen (secondary N) is 2. The van der Waals surface area contributed by atoms with Crippen LogP contribution in [0, 0.1) is 5.92 Å². The summed E-state index contributed by atoms with van der Waals surface area (Å²) < 4.78 is 39.3. The van der Waals surface area contributed by atoms with Crippen LogP contribution in [0.15, 0.2) is 18.2 Å². The Labute approximate surface area is 150 Å². The summed E-state index contributed by atoms with van der Waals surface area (Å²) in [7, 11) is 0. The Morgan fingerprint density at radius 2 is 1.85 bits per heavy atom. The number of likely N-dealkylation sites (tertiary alicyclic amines) is 1. The van der Waals surface area contributed by atoms with E-state index in [2.05, 4.69) is 10.6 Å². The molecule has 2 N–H and O–H groups in total. The van der Waals surface area contributed by atoms with Gasteiger partial charge in [-0.05, 0) is 50.0 Å². The fourth-order valence-corrected chi connectivity index (χ4v) is 3.06. The second-order valence-corrected chi connectivity index (χ2v) is 6.52. The van der Waals surface area contributed by atoms with Crippen LogP contribution >= 0.6 is 0 Å². The molecule has 0 spiro atoms. The van der Waals surface area contributed by atoms with Gasteiger partial charge in [0.05, 0.1) is 5.56 Å². The van der Waals surface area contributed by atoms with Crippen LogP contribution in [0.5, 0.6) is 0 Å².